The zero-order valence-electron chi connectivity index (χ0n) is 14.6. The number of halogens is 1. The minimum Gasteiger partial charge on any atom is -0.497 e. The van der Waals surface area contributed by atoms with E-state index in [1.54, 1.807) is 18.4 Å². The molecule has 6 heteroatoms. The molecule has 0 N–H and O–H groups in total. The zero-order valence-corrected chi connectivity index (χ0v) is 16.2. The number of rotatable bonds is 3. The highest BCUT2D eigenvalue weighted by Gasteiger charge is 2.41. The summed E-state index contributed by atoms with van der Waals surface area (Å²) in [6.45, 7) is 0. The van der Waals surface area contributed by atoms with Crippen LogP contribution in [0.1, 0.15) is 34.7 Å². The number of ether oxygens (including phenoxy) is 2. The van der Waals surface area contributed by atoms with Crippen molar-refractivity contribution in [3.8, 4) is 11.5 Å². The van der Waals surface area contributed by atoms with E-state index in [0.29, 0.717) is 5.02 Å². The Hall–Kier alpha value is -2.50. The first-order chi connectivity index (χ1) is 13.2. The highest BCUT2D eigenvalue weighted by Crippen LogP contribution is 2.48. The number of nitrogens with zero attached hydrogens (tertiary/aromatic N) is 2. The van der Waals surface area contributed by atoms with Crippen molar-refractivity contribution in [2.75, 3.05) is 7.11 Å². The molecule has 0 saturated carbocycles. The van der Waals surface area contributed by atoms with Gasteiger partial charge in [-0.15, -0.1) is 11.3 Å². The molecule has 3 heterocycles. The lowest BCUT2D eigenvalue weighted by Gasteiger charge is -2.38. The number of fused-ring (bicyclic) bond motifs is 3. The fraction of sp³-hybridized carbons (Fsp3) is 0.190. The number of hydrazone groups is 1. The molecule has 2 aliphatic heterocycles. The van der Waals surface area contributed by atoms with Crippen molar-refractivity contribution < 1.29 is 9.47 Å². The van der Waals surface area contributed by atoms with E-state index < -0.39 is 0 Å². The SMILES string of the molecule is COc1cccc([C@H]2Oc3ccc(Cl)cc3[C@H]3CC(c4cccs4)=NN32)c1. The molecule has 0 bridgehead atoms. The van der Waals surface area contributed by atoms with Crippen molar-refractivity contribution in [3.63, 3.8) is 0 Å². The normalized spacial score (nSPS) is 20.5. The van der Waals surface area contributed by atoms with Crippen LogP contribution in [0, 0.1) is 0 Å². The predicted molar refractivity (Wildman–Crippen MR) is 108 cm³/mol. The lowest BCUT2D eigenvalue weighted by molar-refractivity contribution is -0.0191. The Morgan fingerprint density at radius 1 is 1.19 bits per heavy atom. The summed E-state index contributed by atoms with van der Waals surface area (Å²) in [6.07, 6.45) is 0.522. The van der Waals surface area contributed by atoms with Crippen LogP contribution in [0.3, 0.4) is 0 Å². The maximum absolute atomic E-state index is 6.36. The topological polar surface area (TPSA) is 34.1 Å². The Morgan fingerprint density at radius 2 is 2.11 bits per heavy atom. The van der Waals surface area contributed by atoms with E-state index in [4.69, 9.17) is 26.2 Å². The fourth-order valence-corrected chi connectivity index (χ4v) is 4.57. The molecular formula is C21H17ClN2O2S. The van der Waals surface area contributed by atoms with Gasteiger partial charge in [0.05, 0.1) is 23.7 Å². The first-order valence-electron chi connectivity index (χ1n) is 8.72. The van der Waals surface area contributed by atoms with E-state index in [1.165, 1.54) is 4.88 Å². The molecule has 1 aromatic heterocycles. The van der Waals surface area contributed by atoms with Crippen LogP contribution in [0.5, 0.6) is 11.5 Å². The number of hydrogen-bond donors (Lipinski definition) is 0. The van der Waals surface area contributed by atoms with Crippen molar-refractivity contribution in [1.29, 1.82) is 0 Å². The highest BCUT2D eigenvalue weighted by molar-refractivity contribution is 7.12. The average Bonchev–Trinajstić information content (AvgIpc) is 3.37. The summed E-state index contributed by atoms with van der Waals surface area (Å²) >= 11 is 7.98. The van der Waals surface area contributed by atoms with Crippen LogP contribution in [-0.2, 0) is 0 Å². The van der Waals surface area contributed by atoms with Crippen molar-refractivity contribution in [3.05, 3.63) is 81.0 Å². The van der Waals surface area contributed by atoms with Gasteiger partial charge in [0, 0.05) is 22.6 Å². The van der Waals surface area contributed by atoms with Crippen LogP contribution < -0.4 is 9.47 Å². The van der Waals surface area contributed by atoms with Gasteiger partial charge in [-0.2, -0.15) is 5.10 Å². The quantitative estimate of drug-likeness (QED) is 0.573. The maximum Gasteiger partial charge on any atom is 0.214 e. The van der Waals surface area contributed by atoms with E-state index in [2.05, 4.69) is 22.5 Å². The molecule has 2 atom stereocenters. The van der Waals surface area contributed by atoms with Gasteiger partial charge in [-0.25, -0.2) is 5.01 Å². The van der Waals surface area contributed by atoms with Crippen molar-refractivity contribution in [2.45, 2.75) is 18.7 Å². The average molecular weight is 397 g/mol. The third-order valence-electron chi connectivity index (χ3n) is 4.94. The summed E-state index contributed by atoms with van der Waals surface area (Å²) in [5.41, 5.74) is 3.17. The van der Waals surface area contributed by atoms with E-state index in [-0.39, 0.29) is 12.3 Å². The van der Waals surface area contributed by atoms with Gasteiger partial charge in [0.25, 0.3) is 0 Å². The number of benzene rings is 2. The van der Waals surface area contributed by atoms with Gasteiger partial charge in [-0.3, -0.25) is 0 Å². The molecule has 0 unspecified atom stereocenters. The van der Waals surface area contributed by atoms with Crippen molar-refractivity contribution in [2.24, 2.45) is 5.10 Å². The maximum atomic E-state index is 6.36. The largest absolute Gasteiger partial charge is 0.497 e. The monoisotopic (exact) mass is 396 g/mol. The highest BCUT2D eigenvalue weighted by atomic mass is 35.5. The molecule has 0 radical (unpaired) electrons. The second-order valence-corrected chi connectivity index (χ2v) is 7.94. The van der Waals surface area contributed by atoms with Gasteiger partial charge in [-0.05, 0) is 41.8 Å². The first kappa shape index (κ1) is 16.7. The summed E-state index contributed by atoms with van der Waals surface area (Å²) in [5.74, 6) is 1.66. The lowest BCUT2D eigenvalue weighted by Crippen LogP contribution is -2.33. The zero-order chi connectivity index (χ0) is 18.4. The second-order valence-electron chi connectivity index (χ2n) is 6.55. The molecule has 2 aliphatic rings. The van der Waals surface area contributed by atoms with E-state index in [1.807, 2.05) is 42.5 Å². The van der Waals surface area contributed by atoms with Crippen molar-refractivity contribution >= 4 is 28.6 Å². The fourth-order valence-electron chi connectivity index (χ4n) is 3.66. The summed E-state index contributed by atoms with van der Waals surface area (Å²) in [5, 5.41) is 9.79. The van der Waals surface area contributed by atoms with Crippen LogP contribution in [0.2, 0.25) is 5.02 Å². The molecule has 136 valence electrons. The molecule has 5 rings (SSSR count). The molecular weight excluding hydrogens is 380 g/mol. The molecule has 0 spiro atoms. The van der Waals surface area contributed by atoms with Gasteiger partial charge in [-0.1, -0.05) is 29.8 Å². The Kier molecular flexibility index (Phi) is 4.06. The minimum absolute atomic E-state index is 0.0979. The van der Waals surface area contributed by atoms with Crippen LogP contribution in [0.25, 0.3) is 0 Å². The second kappa shape index (κ2) is 6.59. The van der Waals surface area contributed by atoms with Crippen molar-refractivity contribution in [1.82, 2.24) is 5.01 Å². The predicted octanol–water partition coefficient (Wildman–Crippen LogP) is 5.65. The van der Waals surface area contributed by atoms with Crippen LogP contribution >= 0.6 is 22.9 Å². The van der Waals surface area contributed by atoms with E-state index in [0.717, 1.165) is 34.8 Å². The molecule has 3 aromatic rings. The van der Waals surface area contributed by atoms with Gasteiger partial charge in [0.15, 0.2) is 0 Å². The Bertz CT molecular complexity index is 1020. The number of methoxy groups -OCH3 is 1. The molecule has 0 amide bonds. The standard InChI is InChI=1S/C21H17ClN2O2S/c1-25-15-5-2-4-13(10-15)21-24-18(12-17(23-24)20-6-3-9-27-20)16-11-14(22)7-8-19(16)26-21/h2-11,18,21H,12H2,1H3/t18-,21-/m1/s1. The van der Waals surface area contributed by atoms with Crippen LogP contribution in [0.4, 0.5) is 0 Å². The molecule has 0 fully saturated rings. The Balaban J connectivity index is 1.61. The molecule has 0 saturated heterocycles. The summed E-state index contributed by atoms with van der Waals surface area (Å²) in [6, 6.07) is 18.0. The molecule has 0 aliphatic carbocycles. The van der Waals surface area contributed by atoms with Gasteiger partial charge in [0.2, 0.25) is 6.23 Å². The summed E-state index contributed by atoms with van der Waals surface area (Å²) in [4.78, 5) is 1.19. The Morgan fingerprint density at radius 3 is 2.93 bits per heavy atom. The molecule has 27 heavy (non-hydrogen) atoms. The Labute approximate surface area is 166 Å². The lowest BCUT2D eigenvalue weighted by atomic mass is 9.97. The van der Waals surface area contributed by atoms with Crippen LogP contribution in [0.15, 0.2) is 65.1 Å². The van der Waals surface area contributed by atoms with Crippen LogP contribution in [-0.4, -0.2) is 17.8 Å². The van der Waals surface area contributed by atoms with Gasteiger partial charge < -0.3 is 9.47 Å². The van der Waals surface area contributed by atoms with Gasteiger partial charge in [0.1, 0.15) is 11.5 Å². The van der Waals surface area contributed by atoms with E-state index in [9.17, 15) is 0 Å². The number of hydrogen-bond acceptors (Lipinski definition) is 5. The summed E-state index contributed by atoms with van der Waals surface area (Å²) in [7, 11) is 1.67. The summed E-state index contributed by atoms with van der Waals surface area (Å²) < 4.78 is 11.8. The number of thiophene rings is 1. The van der Waals surface area contributed by atoms with E-state index >= 15 is 0 Å². The van der Waals surface area contributed by atoms with Gasteiger partial charge >= 0.3 is 0 Å². The molecule has 4 nitrogen and oxygen atoms in total. The first-order valence-corrected chi connectivity index (χ1v) is 9.98. The third-order valence-corrected chi connectivity index (χ3v) is 6.09. The minimum atomic E-state index is -0.309. The third kappa shape index (κ3) is 2.87. The molecule has 2 aromatic carbocycles. The smallest absolute Gasteiger partial charge is 0.214 e.